The van der Waals surface area contributed by atoms with Gasteiger partial charge in [0.15, 0.2) is 0 Å². The fraction of sp³-hybridized carbons (Fsp3) is 0.400. The van der Waals surface area contributed by atoms with Crippen molar-refractivity contribution in [3.05, 3.63) is 18.2 Å². The van der Waals surface area contributed by atoms with E-state index in [0.717, 1.165) is 22.6 Å². The van der Waals surface area contributed by atoms with Gasteiger partial charge in [-0.15, -0.1) is 0 Å². The summed E-state index contributed by atoms with van der Waals surface area (Å²) in [5.74, 6) is 2.21. The van der Waals surface area contributed by atoms with Crippen LogP contribution in [0.5, 0.6) is 17.2 Å². The van der Waals surface area contributed by atoms with Gasteiger partial charge in [0.25, 0.3) is 0 Å². The van der Waals surface area contributed by atoms with Crippen molar-refractivity contribution in [3.63, 3.8) is 0 Å². The molecule has 0 saturated carbocycles. The third-order valence-electron chi connectivity index (χ3n) is 1.67. The van der Waals surface area contributed by atoms with Crippen LogP contribution >= 0.6 is 15.9 Å². The number of benzene rings is 1. The van der Waals surface area contributed by atoms with E-state index in [9.17, 15) is 0 Å². The Morgan fingerprint density at radius 3 is 1.93 bits per heavy atom. The monoisotopic (exact) mass is 260 g/mol. The van der Waals surface area contributed by atoms with Crippen molar-refractivity contribution in [2.24, 2.45) is 0 Å². The normalized spacial score (nSPS) is 9.64. The molecule has 0 aliphatic carbocycles. The molecule has 0 aromatic heterocycles. The Kier molecular flexibility index (Phi) is 4.59. The van der Waals surface area contributed by atoms with E-state index in [-0.39, 0.29) is 0 Å². The van der Waals surface area contributed by atoms with Crippen LogP contribution in [0.1, 0.15) is 0 Å². The van der Waals surface area contributed by atoms with Crippen molar-refractivity contribution < 1.29 is 14.2 Å². The summed E-state index contributed by atoms with van der Waals surface area (Å²) < 4.78 is 15.6. The van der Waals surface area contributed by atoms with Crippen molar-refractivity contribution in [3.8, 4) is 17.2 Å². The quantitative estimate of drug-likeness (QED) is 0.762. The van der Waals surface area contributed by atoms with Crippen molar-refractivity contribution in [1.29, 1.82) is 0 Å². The van der Waals surface area contributed by atoms with E-state index < -0.39 is 0 Å². The molecule has 3 nitrogen and oxygen atoms in total. The molecule has 0 radical (unpaired) electrons. The van der Waals surface area contributed by atoms with Crippen molar-refractivity contribution in [1.82, 2.24) is 0 Å². The molecule has 0 saturated heterocycles. The van der Waals surface area contributed by atoms with Gasteiger partial charge < -0.3 is 14.2 Å². The SMILES string of the molecule is COc1cc(OC)cc(OCCBr)c1. The highest BCUT2D eigenvalue weighted by Crippen LogP contribution is 2.27. The van der Waals surface area contributed by atoms with Gasteiger partial charge in [-0.05, 0) is 0 Å². The van der Waals surface area contributed by atoms with E-state index in [4.69, 9.17) is 14.2 Å². The summed E-state index contributed by atoms with van der Waals surface area (Å²) >= 11 is 3.29. The van der Waals surface area contributed by atoms with E-state index in [1.165, 1.54) is 0 Å². The summed E-state index contributed by atoms with van der Waals surface area (Å²) in [4.78, 5) is 0. The summed E-state index contributed by atoms with van der Waals surface area (Å²) in [5, 5.41) is 0.798. The standard InChI is InChI=1S/C10H13BrO3/c1-12-8-5-9(13-2)7-10(6-8)14-4-3-11/h5-7H,3-4H2,1-2H3. The lowest BCUT2D eigenvalue weighted by Crippen LogP contribution is -1.98. The van der Waals surface area contributed by atoms with Gasteiger partial charge >= 0.3 is 0 Å². The lowest BCUT2D eigenvalue weighted by Gasteiger charge is -2.08. The number of alkyl halides is 1. The minimum absolute atomic E-state index is 0.621. The van der Waals surface area contributed by atoms with E-state index >= 15 is 0 Å². The van der Waals surface area contributed by atoms with E-state index in [1.807, 2.05) is 12.1 Å². The zero-order valence-corrected chi connectivity index (χ0v) is 9.83. The van der Waals surface area contributed by atoms with Gasteiger partial charge in [-0.25, -0.2) is 0 Å². The lowest BCUT2D eigenvalue weighted by molar-refractivity contribution is 0.334. The zero-order valence-electron chi connectivity index (χ0n) is 8.25. The highest BCUT2D eigenvalue weighted by Gasteiger charge is 2.01. The molecular formula is C10H13BrO3. The zero-order chi connectivity index (χ0) is 10.4. The molecule has 1 rings (SSSR count). The minimum atomic E-state index is 0.621. The van der Waals surface area contributed by atoms with Crippen LogP contribution < -0.4 is 14.2 Å². The molecule has 0 fully saturated rings. The van der Waals surface area contributed by atoms with Crippen LogP contribution in [-0.2, 0) is 0 Å². The topological polar surface area (TPSA) is 27.7 Å². The predicted molar refractivity (Wildman–Crippen MR) is 58.8 cm³/mol. The molecule has 78 valence electrons. The van der Waals surface area contributed by atoms with Crippen LogP contribution in [0.15, 0.2) is 18.2 Å². The summed E-state index contributed by atoms with van der Waals surface area (Å²) in [6.45, 7) is 0.621. The van der Waals surface area contributed by atoms with Gasteiger partial charge in [0.2, 0.25) is 0 Å². The van der Waals surface area contributed by atoms with Gasteiger partial charge in [-0.1, -0.05) is 15.9 Å². The first kappa shape index (κ1) is 11.2. The maximum atomic E-state index is 5.43. The number of rotatable bonds is 5. The van der Waals surface area contributed by atoms with Gasteiger partial charge in [0.05, 0.1) is 20.8 Å². The fourth-order valence-corrected chi connectivity index (χ4v) is 1.18. The average molecular weight is 261 g/mol. The molecule has 0 aliphatic rings. The molecule has 0 atom stereocenters. The maximum absolute atomic E-state index is 5.43. The molecule has 14 heavy (non-hydrogen) atoms. The first-order valence-electron chi connectivity index (χ1n) is 4.22. The highest BCUT2D eigenvalue weighted by atomic mass is 79.9. The minimum Gasteiger partial charge on any atom is -0.496 e. The van der Waals surface area contributed by atoms with Crippen LogP contribution in [0.2, 0.25) is 0 Å². The summed E-state index contributed by atoms with van der Waals surface area (Å²) in [6, 6.07) is 5.46. The van der Waals surface area contributed by atoms with Crippen molar-refractivity contribution >= 4 is 15.9 Å². The number of hydrogen-bond donors (Lipinski definition) is 0. The Bertz CT molecular complexity index is 266. The van der Waals surface area contributed by atoms with E-state index in [2.05, 4.69) is 15.9 Å². The molecule has 0 amide bonds. The summed E-state index contributed by atoms with van der Waals surface area (Å²) in [7, 11) is 3.23. The number of methoxy groups -OCH3 is 2. The molecule has 4 heteroatoms. The maximum Gasteiger partial charge on any atom is 0.126 e. The molecule has 0 unspecified atom stereocenters. The Labute approximate surface area is 92.1 Å². The summed E-state index contributed by atoms with van der Waals surface area (Å²) in [5.41, 5.74) is 0. The summed E-state index contributed by atoms with van der Waals surface area (Å²) in [6.07, 6.45) is 0. The van der Waals surface area contributed by atoms with Crippen LogP contribution in [0.25, 0.3) is 0 Å². The van der Waals surface area contributed by atoms with Crippen LogP contribution in [0, 0.1) is 0 Å². The smallest absolute Gasteiger partial charge is 0.126 e. The molecule has 0 N–H and O–H groups in total. The van der Waals surface area contributed by atoms with E-state index in [1.54, 1.807) is 20.3 Å². The number of halogens is 1. The van der Waals surface area contributed by atoms with Crippen LogP contribution in [-0.4, -0.2) is 26.2 Å². The molecule has 0 aliphatic heterocycles. The highest BCUT2D eigenvalue weighted by molar-refractivity contribution is 9.09. The van der Waals surface area contributed by atoms with Crippen molar-refractivity contribution in [2.75, 3.05) is 26.2 Å². The van der Waals surface area contributed by atoms with E-state index in [0.29, 0.717) is 6.61 Å². The molecule has 1 aromatic carbocycles. The molecule has 0 bridgehead atoms. The number of hydrogen-bond acceptors (Lipinski definition) is 3. The second-order valence-corrected chi connectivity index (χ2v) is 3.38. The second-order valence-electron chi connectivity index (χ2n) is 2.59. The molecular weight excluding hydrogens is 248 g/mol. The Morgan fingerprint density at radius 1 is 1.00 bits per heavy atom. The molecule has 1 aromatic rings. The number of ether oxygens (including phenoxy) is 3. The second kappa shape index (κ2) is 5.75. The van der Waals surface area contributed by atoms with Crippen LogP contribution in [0.3, 0.4) is 0 Å². The van der Waals surface area contributed by atoms with Gasteiger partial charge in [-0.3, -0.25) is 0 Å². The van der Waals surface area contributed by atoms with Crippen LogP contribution in [0.4, 0.5) is 0 Å². The first-order chi connectivity index (χ1) is 6.80. The third-order valence-corrected chi connectivity index (χ3v) is 1.99. The fourth-order valence-electron chi connectivity index (χ4n) is 1.02. The Hall–Kier alpha value is -0.900. The Morgan fingerprint density at radius 2 is 1.50 bits per heavy atom. The largest absolute Gasteiger partial charge is 0.496 e. The average Bonchev–Trinajstić information content (AvgIpc) is 2.25. The molecule has 0 spiro atoms. The Balaban J connectivity index is 2.81. The van der Waals surface area contributed by atoms with Gasteiger partial charge in [-0.2, -0.15) is 0 Å². The first-order valence-corrected chi connectivity index (χ1v) is 5.34. The van der Waals surface area contributed by atoms with Gasteiger partial charge in [0, 0.05) is 23.5 Å². The molecule has 0 heterocycles. The van der Waals surface area contributed by atoms with Crippen molar-refractivity contribution in [2.45, 2.75) is 0 Å². The third kappa shape index (κ3) is 3.10. The van der Waals surface area contributed by atoms with Gasteiger partial charge in [0.1, 0.15) is 17.2 Å². The predicted octanol–water partition coefficient (Wildman–Crippen LogP) is 2.48. The lowest BCUT2D eigenvalue weighted by atomic mass is 10.3.